The number of fused-ring (bicyclic) bond motifs is 1. The van der Waals surface area contributed by atoms with E-state index < -0.39 is 0 Å². The molecule has 0 atom stereocenters. The monoisotopic (exact) mass is 303 g/mol. The fourth-order valence-electron chi connectivity index (χ4n) is 2.84. The van der Waals surface area contributed by atoms with Crippen LogP contribution in [-0.4, -0.2) is 5.91 Å². The van der Waals surface area contributed by atoms with Crippen molar-refractivity contribution in [1.82, 2.24) is 0 Å². The first kappa shape index (κ1) is 15.3. The molecule has 0 unspecified atom stereocenters. The summed E-state index contributed by atoms with van der Waals surface area (Å²) in [6, 6.07) is 22.4. The number of rotatable bonds is 4. The fourth-order valence-corrected chi connectivity index (χ4v) is 2.84. The molecule has 0 radical (unpaired) electrons. The van der Waals surface area contributed by atoms with Gasteiger partial charge in [-0.3, -0.25) is 4.79 Å². The first-order chi connectivity index (χ1) is 11.1. The van der Waals surface area contributed by atoms with E-state index in [1.165, 1.54) is 16.3 Å². The topological polar surface area (TPSA) is 29.1 Å². The summed E-state index contributed by atoms with van der Waals surface area (Å²) in [5.41, 5.74) is 3.11. The standard InChI is InChI=1S/C21H21NO/c1-15(2)19-9-5-6-10-20(19)22-21(23)14-16-11-12-17-7-3-4-8-18(17)13-16/h3-13,15H,14H2,1-2H3,(H,22,23). The van der Waals surface area contributed by atoms with Gasteiger partial charge < -0.3 is 5.32 Å². The zero-order valence-corrected chi connectivity index (χ0v) is 13.5. The molecule has 116 valence electrons. The number of carbonyl (C=O) groups excluding carboxylic acids is 1. The molecule has 2 heteroatoms. The van der Waals surface area contributed by atoms with E-state index in [-0.39, 0.29) is 5.91 Å². The quantitative estimate of drug-likeness (QED) is 0.710. The highest BCUT2D eigenvalue weighted by molar-refractivity contribution is 5.94. The highest BCUT2D eigenvalue weighted by Crippen LogP contribution is 2.24. The molecule has 0 spiro atoms. The van der Waals surface area contributed by atoms with Gasteiger partial charge in [0.15, 0.2) is 0 Å². The number of hydrogen-bond donors (Lipinski definition) is 1. The van der Waals surface area contributed by atoms with Crippen LogP contribution in [0, 0.1) is 0 Å². The Morgan fingerprint density at radius 3 is 2.39 bits per heavy atom. The average molecular weight is 303 g/mol. The minimum Gasteiger partial charge on any atom is -0.326 e. The van der Waals surface area contributed by atoms with Crippen molar-refractivity contribution in [2.45, 2.75) is 26.2 Å². The van der Waals surface area contributed by atoms with Crippen LogP contribution in [0.3, 0.4) is 0 Å². The van der Waals surface area contributed by atoms with E-state index in [0.717, 1.165) is 11.3 Å². The van der Waals surface area contributed by atoms with E-state index in [4.69, 9.17) is 0 Å². The molecule has 1 amide bonds. The van der Waals surface area contributed by atoms with Gasteiger partial charge in [0.1, 0.15) is 0 Å². The Hall–Kier alpha value is -2.61. The van der Waals surface area contributed by atoms with Gasteiger partial charge in [-0.15, -0.1) is 0 Å². The Morgan fingerprint density at radius 2 is 1.61 bits per heavy atom. The molecule has 23 heavy (non-hydrogen) atoms. The van der Waals surface area contributed by atoms with Crippen LogP contribution < -0.4 is 5.32 Å². The molecule has 3 rings (SSSR count). The van der Waals surface area contributed by atoms with Gasteiger partial charge in [-0.25, -0.2) is 0 Å². The first-order valence-electron chi connectivity index (χ1n) is 8.00. The van der Waals surface area contributed by atoms with Crippen molar-refractivity contribution in [3.63, 3.8) is 0 Å². The number of hydrogen-bond acceptors (Lipinski definition) is 1. The summed E-state index contributed by atoms with van der Waals surface area (Å²) in [5, 5.41) is 5.41. The Bertz CT molecular complexity index is 836. The number of nitrogens with one attached hydrogen (secondary N) is 1. The Labute approximate surface area is 137 Å². The predicted octanol–water partition coefficient (Wildman–Crippen LogP) is 5.14. The zero-order valence-electron chi connectivity index (χ0n) is 13.5. The number of carbonyl (C=O) groups is 1. The van der Waals surface area contributed by atoms with Crippen LogP contribution in [0.15, 0.2) is 66.7 Å². The second-order valence-electron chi connectivity index (χ2n) is 6.15. The highest BCUT2D eigenvalue weighted by atomic mass is 16.1. The second kappa shape index (κ2) is 6.66. The third-order valence-electron chi connectivity index (χ3n) is 4.04. The number of benzene rings is 3. The maximum absolute atomic E-state index is 12.4. The molecule has 1 N–H and O–H groups in total. The molecule has 0 aromatic heterocycles. The molecule has 0 aliphatic rings. The van der Waals surface area contributed by atoms with E-state index >= 15 is 0 Å². The summed E-state index contributed by atoms with van der Waals surface area (Å²) >= 11 is 0. The number of para-hydroxylation sites is 1. The number of amides is 1. The van der Waals surface area contributed by atoms with E-state index in [2.05, 4.69) is 49.5 Å². The van der Waals surface area contributed by atoms with Crippen LogP contribution in [0.25, 0.3) is 10.8 Å². The van der Waals surface area contributed by atoms with Gasteiger partial charge >= 0.3 is 0 Å². The van der Waals surface area contributed by atoms with Crippen LogP contribution in [0.2, 0.25) is 0 Å². The lowest BCUT2D eigenvalue weighted by molar-refractivity contribution is -0.115. The van der Waals surface area contributed by atoms with Crippen molar-refractivity contribution >= 4 is 22.4 Å². The lowest BCUT2D eigenvalue weighted by atomic mass is 10.0. The lowest BCUT2D eigenvalue weighted by Gasteiger charge is -2.13. The van der Waals surface area contributed by atoms with Gasteiger partial charge in [-0.1, -0.05) is 74.5 Å². The summed E-state index contributed by atoms with van der Waals surface area (Å²) in [6.07, 6.45) is 0.386. The second-order valence-corrected chi connectivity index (χ2v) is 6.15. The number of anilines is 1. The van der Waals surface area contributed by atoms with Crippen molar-refractivity contribution in [1.29, 1.82) is 0 Å². The first-order valence-corrected chi connectivity index (χ1v) is 8.00. The largest absolute Gasteiger partial charge is 0.326 e. The maximum atomic E-state index is 12.4. The summed E-state index contributed by atoms with van der Waals surface area (Å²) < 4.78 is 0. The SMILES string of the molecule is CC(C)c1ccccc1NC(=O)Cc1ccc2ccccc2c1. The summed E-state index contributed by atoms with van der Waals surface area (Å²) in [6.45, 7) is 4.27. The van der Waals surface area contributed by atoms with Crippen LogP contribution in [0.5, 0.6) is 0 Å². The minimum absolute atomic E-state index is 0.0216. The summed E-state index contributed by atoms with van der Waals surface area (Å²) in [5.74, 6) is 0.403. The molecule has 0 fully saturated rings. The van der Waals surface area contributed by atoms with Gasteiger partial charge in [0.05, 0.1) is 6.42 Å². The molecule has 0 heterocycles. The van der Waals surface area contributed by atoms with Gasteiger partial charge in [-0.2, -0.15) is 0 Å². The Balaban J connectivity index is 1.76. The molecule has 3 aromatic carbocycles. The van der Waals surface area contributed by atoms with Crippen LogP contribution in [0.4, 0.5) is 5.69 Å². The molecule has 2 nitrogen and oxygen atoms in total. The van der Waals surface area contributed by atoms with Crippen molar-refractivity contribution in [3.8, 4) is 0 Å². The van der Waals surface area contributed by atoms with Crippen LogP contribution in [0.1, 0.15) is 30.9 Å². The van der Waals surface area contributed by atoms with Crippen LogP contribution in [-0.2, 0) is 11.2 Å². The van der Waals surface area contributed by atoms with Gasteiger partial charge in [-0.05, 0) is 33.9 Å². The molecule has 3 aromatic rings. The van der Waals surface area contributed by atoms with E-state index in [1.807, 2.05) is 36.4 Å². The molecule has 0 saturated carbocycles. The molecule has 0 aliphatic heterocycles. The lowest BCUT2D eigenvalue weighted by Crippen LogP contribution is -2.15. The van der Waals surface area contributed by atoms with Gasteiger partial charge in [0.25, 0.3) is 0 Å². The maximum Gasteiger partial charge on any atom is 0.228 e. The molecular formula is C21H21NO. The smallest absolute Gasteiger partial charge is 0.228 e. The predicted molar refractivity (Wildman–Crippen MR) is 96.8 cm³/mol. The normalized spacial score (nSPS) is 10.9. The minimum atomic E-state index is 0.0216. The highest BCUT2D eigenvalue weighted by Gasteiger charge is 2.10. The zero-order chi connectivity index (χ0) is 16.2. The summed E-state index contributed by atoms with van der Waals surface area (Å²) in [4.78, 5) is 12.4. The summed E-state index contributed by atoms with van der Waals surface area (Å²) in [7, 11) is 0. The van der Waals surface area contributed by atoms with E-state index in [9.17, 15) is 4.79 Å². The van der Waals surface area contributed by atoms with E-state index in [0.29, 0.717) is 12.3 Å². The molecule has 0 bridgehead atoms. The third-order valence-corrected chi connectivity index (χ3v) is 4.04. The van der Waals surface area contributed by atoms with Crippen molar-refractivity contribution in [2.75, 3.05) is 5.32 Å². The fraction of sp³-hybridized carbons (Fsp3) is 0.190. The van der Waals surface area contributed by atoms with Crippen molar-refractivity contribution in [3.05, 3.63) is 77.9 Å². The van der Waals surface area contributed by atoms with Crippen molar-refractivity contribution < 1.29 is 4.79 Å². The molecule has 0 saturated heterocycles. The van der Waals surface area contributed by atoms with Gasteiger partial charge in [0.2, 0.25) is 5.91 Å². The average Bonchev–Trinajstić information content (AvgIpc) is 2.55. The molecular weight excluding hydrogens is 282 g/mol. The van der Waals surface area contributed by atoms with Crippen LogP contribution >= 0.6 is 0 Å². The Morgan fingerprint density at radius 1 is 0.913 bits per heavy atom. The van der Waals surface area contributed by atoms with Gasteiger partial charge in [0, 0.05) is 5.69 Å². The van der Waals surface area contributed by atoms with Crippen molar-refractivity contribution in [2.24, 2.45) is 0 Å². The Kier molecular flexibility index (Phi) is 4.42. The third kappa shape index (κ3) is 3.59. The molecule has 0 aliphatic carbocycles. The van der Waals surface area contributed by atoms with E-state index in [1.54, 1.807) is 0 Å².